The molecule has 0 aromatic heterocycles. The molecule has 0 saturated carbocycles. The van der Waals surface area contributed by atoms with Gasteiger partial charge in [-0.15, -0.1) is 0 Å². The molecular formula is C13H14F3N3O3. The first kappa shape index (κ1) is 16.2. The third-order valence-electron chi connectivity index (χ3n) is 3.44. The summed E-state index contributed by atoms with van der Waals surface area (Å²) in [6.07, 6.45) is -2.86. The lowest BCUT2D eigenvalue weighted by molar-refractivity contribution is -0.385. The van der Waals surface area contributed by atoms with Crippen molar-refractivity contribution in [2.24, 2.45) is 0 Å². The number of alkyl halides is 3. The van der Waals surface area contributed by atoms with Crippen LogP contribution in [0.5, 0.6) is 0 Å². The van der Waals surface area contributed by atoms with Gasteiger partial charge in [0.15, 0.2) is 0 Å². The fourth-order valence-electron chi connectivity index (χ4n) is 2.29. The molecule has 1 atom stereocenters. The van der Waals surface area contributed by atoms with Crippen molar-refractivity contribution < 1.29 is 22.9 Å². The number of amides is 1. The Morgan fingerprint density at radius 3 is 2.73 bits per heavy atom. The summed E-state index contributed by atoms with van der Waals surface area (Å²) >= 11 is 0. The Morgan fingerprint density at radius 1 is 1.45 bits per heavy atom. The van der Waals surface area contributed by atoms with Crippen LogP contribution in [0.25, 0.3) is 0 Å². The Balaban J connectivity index is 2.18. The maximum Gasteiger partial charge on any atom is 0.416 e. The molecule has 1 aliphatic rings. The van der Waals surface area contributed by atoms with Crippen molar-refractivity contribution in [3.05, 3.63) is 39.4 Å². The van der Waals surface area contributed by atoms with E-state index in [1.165, 1.54) is 0 Å². The van der Waals surface area contributed by atoms with Crippen molar-refractivity contribution in [2.75, 3.05) is 13.1 Å². The number of nitro groups is 1. The molecule has 22 heavy (non-hydrogen) atoms. The maximum atomic E-state index is 12.6. The quantitative estimate of drug-likeness (QED) is 0.658. The molecule has 1 heterocycles. The smallest absolute Gasteiger partial charge is 0.350 e. The maximum absolute atomic E-state index is 12.6. The van der Waals surface area contributed by atoms with Crippen LogP contribution in [0.1, 0.15) is 28.8 Å². The van der Waals surface area contributed by atoms with E-state index in [0.29, 0.717) is 12.1 Å². The van der Waals surface area contributed by atoms with Gasteiger partial charge in [0.25, 0.3) is 11.6 Å². The fourth-order valence-corrected chi connectivity index (χ4v) is 2.29. The molecule has 0 radical (unpaired) electrons. The number of carbonyl (C=O) groups excluding carboxylic acids is 1. The highest BCUT2D eigenvalue weighted by Crippen LogP contribution is 2.32. The summed E-state index contributed by atoms with van der Waals surface area (Å²) in [5, 5.41) is 16.6. The van der Waals surface area contributed by atoms with Gasteiger partial charge in [0.2, 0.25) is 0 Å². The minimum atomic E-state index is -4.70. The summed E-state index contributed by atoms with van der Waals surface area (Å²) in [6.45, 7) is 1.11. The number of hydrogen-bond donors (Lipinski definition) is 2. The number of halogens is 3. The molecule has 1 aliphatic heterocycles. The molecule has 1 amide bonds. The molecule has 1 saturated heterocycles. The van der Waals surface area contributed by atoms with Crippen LogP contribution in [0.15, 0.2) is 18.2 Å². The van der Waals surface area contributed by atoms with E-state index in [4.69, 9.17) is 0 Å². The van der Waals surface area contributed by atoms with Crippen molar-refractivity contribution in [2.45, 2.75) is 25.1 Å². The van der Waals surface area contributed by atoms with Crippen LogP contribution >= 0.6 is 0 Å². The summed E-state index contributed by atoms with van der Waals surface area (Å²) in [5.41, 5.74) is -2.39. The zero-order chi connectivity index (χ0) is 16.3. The van der Waals surface area contributed by atoms with Crippen molar-refractivity contribution in [3.8, 4) is 0 Å². The molecule has 1 aromatic carbocycles. The first-order valence-electron chi connectivity index (χ1n) is 6.66. The van der Waals surface area contributed by atoms with E-state index in [1.807, 2.05) is 0 Å². The molecule has 0 bridgehead atoms. The molecule has 0 spiro atoms. The Bertz CT molecular complexity index is 584. The van der Waals surface area contributed by atoms with Crippen LogP contribution in [0.3, 0.4) is 0 Å². The van der Waals surface area contributed by atoms with Crippen molar-refractivity contribution in [1.82, 2.24) is 10.6 Å². The zero-order valence-corrected chi connectivity index (χ0v) is 11.4. The lowest BCUT2D eigenvalue weighted by Crippen LogP contribution is -2.37. The van der Waals surface area contributed by atoms with Gasteiger partial charge >= 0.3 is 6.18 Å². The molecule has 2 N–H and O–H groups in total. The third kappa shape index (κ3) is 3.73. The predicted molar refractivity (Wildman–Crippen MR) is 71.5 cm³/mol. The van der Waals surface area contributed by atoms with Crippen LogP contribution < -0.4 is 10.6 Å². The Hall–Kier alpha value is -2.16. The number of rotatable bonds is 4. The van der Waals surface area contributed by atoms with E-state index in [-0.39, 0.29) is 18.2 Å². The topological polar surface area (TPSA) is 84.3 Å². The van der Waals surface area contributed by atoms with Gasteiger partial charge < -0.3 is 10.6 Å². The van der Waals surface area contributed by atoms with Gasteiger partial charge in [-0.3, -0.25) is 14.9 Å². The van der Waals surface area contributed by atoms with Crippen molar-refractivity contribution >= 4 is 11.6 Å². The fraction of sp³-hybridized carbons (Fsp3) is 0.462. The minimum absolute atomic E-state index is 0.0810. The van der Waals surface area contributed by atoms with E-state index in [1.54, 1.807) is 0 Å². The number of benzene rings is 1. The highest BCUT2D eigenvalue weighted by Gasteiger charge is 2.34. The average molecular weight is 317 g/mol. The molecule has 9 heteroatoms. The lowest BCUT2D eigenvalue weighted by Gasteiger charge is -2.12. The number of nitrogens with zero attached hydrogens (tertiary/aromatic N) is 1. The zero-order valence-electron chi connectivity index (χ0n) is 11.4. The summed E-state index contributed by atoms with van der Waals surface area (Å²) in [6, 6.07) is 1.95. The summed E-state index contributed by atoms with van der Waals surface area (Å²) in [7, 11) is 0. The second-order valence-corrected chi connectivity index (χ2v) is 4.99. The second kappa shape index (κ2) is 6.30. The standard InChI is InChI=1S/C13H14F3N3O3/c14-13(15,16)8-3-4-10(11(6-8)19(21)22)12(20)18-7-9-2-1-5-17-9/h3-4,6,9,17H,1-2,5,7H2,(H,18,20). The Labute approximate surface area is 123 Å². The van der Waals surface area contributed by atoms with E-state index in [9.17, 15) is 28.1 Å². The van der Waals surface area contributed by atoms with Gasteiger partial charge in [-0.25, -0.2) is 0 Å². The number of carbonyl (C=O) groups is 1. The molecule has 2 rings (SSSR count). The first-order valence-corrected chi connectivity index (χ1v) is 6.66. The van der Waals surface area contributed by atoms with Gasteiger partial charge in [-0.1, -0.05) is 0 Å². The van der Waals surface area contributed by atoms with E-state index in [0.717, 1.165) is 25.5 Å². The van der Waals surface area contributed by atoms with Gasteiger partial charge in [0.1, 0.15) is 5.56 Å². The normalized spacial score (nSPS) is 18.2. The Kier molecular flexibility index (Phi) is 4.65. The van der Waals surface area contributed by atoms with Crippen molar-refractivity contribution in [1.29, 1.82) is 0 Å². The van der Waals surface area contributed by atoms with Gasteiger partial charge in [-0.2, -0.15) is 13.2 Å². The number of nitro benzene ring substituents is 1. The van der Waals surface area contributed by atoms with E-state index >= 15 is 0 Å². The summed E-state index contributed by atoms with van der Waals surface area (Å²) in [4.78, 5) is 21.9. The predicted octanol–water partition coefficient (Wildman–Crippen LogP) is 2.10. The third-order valence-corrected chi connectivity index (χ3v) is 3.44. The van der Waals surface area contributed by atoms with Gasteiger partial charge in [-0.05, 0) is 31.5 Å². The Morgan fingerprint density at radius 2 is 2.18 bits per heavy atom. The second-order valence-electron chi connectivity index (χ2n) is 4.99. The van der Waals surface area contributed by atoms with Crippen LogP contribution in [0.2, 0.25) is 0 Å². The molecular weight excluding hydrogens is 303 g/mol. The molecule has 1 aromatic rings. The highest BCUT2D eigenvalue weighted by atomic mass is 19.4. The molecule has 6 nitrogen and oxygen atoms in total. The average Bonchev–Trinajstić information content (AvgIpc) is 2.96. The van der Waals surface area contributed by atoms with E-state index < -0.39 is 28.3 Å². The number of hydrogen-bond acceptors (Lipinski definition) is 4. The number of nitrogens with one attached hydrogen (secondary N) is 2. The first-order chi connectivity index (χ1) is 10.3. The molecule has 0 aliphatic carbocycles. The summed E-state index contributed by atoms with van der Waals surface area (Å²) in [5.74, 6) is -0.755. The largest absolute Gasteiger partial charge is 0.416 e. The monoisotopic (exact) mass is 317 g/mol. The van der Waals surface area contributed by atoms with E-state index in [2.05, 4.69) is 10.6 Å². The summed E-state index contributed by atoms with van der Waals surface area (Å²) < 4.78 is 37.8. The van der Waals surface area contributed by atoms with Gasteiger partial charge in [0, 0.05) is 18.7 Å². The SMILES string of the molecule is O=C(NCC1CCCN1)c1ccc(C(F)(F)F)cc1[N+](=O)[O-]. The lowest BCUT2D eigenvalue weighted by atomic mass is 10.1. The van der Waals surface area contributed by atoms with Crippen LogP contribution in [0, 0.1) is 10.1 Å². The van der Waals surface area contributed by atoms with Crippen molar-refractivity contribution in [3.63, 3.8) is 0 Å². The molecule has 1 fully saturated rings. The minimum Gasteiger partial charge on any atom is -0.350 e. The highest BCUT2D eigenvalue weighted by molar-refractivity contribution is 5.98. The van der Waals surface area contributed by atoms with Crippen LogP contribution in [0.4, 0.5) is 18.9 Å². The molecule has 1 unspecified atom stereocenters. The van der Waals surface area contributed by atoms with Crippen LogP contribution in [-0.2, 0) is 6.18 Å². The van der Waals surface area contributed by atoms with Crippen LogP contribution in [-0.4, -0.2) is 30.0 Å². The molecule has 120 valence electrons. The van der Waals surface area contributed by atoms with Gasteiger partial charge in [0.05, 0.1) is 10.5 Å².